The fraction of sp³-hybridized carbons (Fsp3) is 0.167. The Morgan fingerprint density at radius 2 is 2.00 bits per heavy atom. The number of halogens is 5. The second-order valence-corrected chi connectivity index (χ2v) is 6.04. The SMILES string of the molecule is O=S(=O)(Cl)c1c(C(F)F)cnc(Cl)c1Br. The molecule has 0 amide bonds. The summed E-state index contributed by atoms with van der Waals surface area (Å²) < 4.78 is 46.7. The average Bonchev–Trinajstić information content (AvgIpc) is 2.06. The first-order valence-corrected chi connectivity index (χ1v) is 6.80. The van der Waals surface area contributed by atoms with Crippen molar-refractivity contribution in [2.24, 2.45) is 0 Å². The number of rotatable bonds is 2. The van der Waals surface area contributed by atoms with E-state index in [1.165, 1.54) is 0 Å². The highest BCUT2D eigenvalue weighted by Crippen LogP contribution is 2.36. The molecule has 0 atom stereocenters. The maximum atomic E-state index is 12.4. The van der Waals surface area contributed by atoms with Gasteiger partial charge in [0.1, 0.15) is 10.0 Å². The first-order chi connectivity index (χ1) is 6.75. The molecule has 0 spiro atoms. The average molecular weight is 341 g/mol. The lowest BCUT2D eigenvalue weighted by molar-refractivity contribution is 0.147. The van der Waals surface area contributed by atoms with Crippen molar-refractivity contribution < 1.29 is 17.2 Å². The van der Waals surface area contributed by atoms with Crippen molar-refractivity contribution in [2.45, 2.75) is 11.3 Å². The van der Waals surface area contributed by atoms with E-state index >= 15 is 0 Å². The van der Waals surface area contributed by atoms with Crippen molar-refractivity contribution in [3.8, 4) is 0 Å². The summed E-state index contributed by atoms with van der Waals surface area (Å²) in [6, 6.07) is 0. The van der Waals surface area contributed by atoms with Crippen molar-refractivity contribution in [3.05, 3.63) is 21.4 Å². The number of aromatic nitrogens is 1. The Morgan fingerprint density at radius 3 is 2.40 bits per heavy atom. The van der Waals surface area contributed by atoms with Crippen LogP contribution in [-0.4, -0.2) is 13.4 Å². The Bertz CT molecular complexity index is 494. The predicted octanol–water partition coefficient (Wildman–Crippen LogP) is 3.36. The summed E-state index contributed by atoms with van der Waals surface area (Å²) in [6.45, 7) is 0. The van der Waals surface area contributed by atoms with E-state index in [4.69, 9.17) is 22.3 Å². The highest BCUT2D eigenvalue weighted by Gasteiger charge is 2.26. The molecule has 0 aliphatic heterocycles. The smallest absolute Gasteiger partial charge is 0.243 e. The molecule has 0 saturated carbocycles. The number of hydrogen-bond donors (Lipinski definition) is 0. The van der Waals surface area contributed by atoms with Gasteiger partial charge in [-0.2, -0.15) is 0 Å². The molecule has 0 radical (unpaired) electrons. The number of alkyl halides is 2. The molecule has 0 aliphatic carbocycles. The third-order valence-corrected chi connectivity index (χ3v) is 4.38. The Labute approximate surface area is 102 Å². The molecule has 9 heteroatoms. The van der Waals surface area contributed by atoms with E-state index in [0.29, 0.717) is 6.20 Å². The van der Waals surface area contributed by atoms with E-state index < -0.39 is 25.9 Å². The van der Waals surface area contributed by atoms with Crippen LogP contribution in [0.3, 0.4) is 0 Å². The molecule has 1 rings (SSSR count). The van der Waals surface area contributed by atoms with Crippen LogP contribution in [0.5, 0.6) is 0 Å². The zero-order valence-electron chi connectivity index (χ0n) is 6.72. The van der Waals surface area contributed by atoms with E-state index in [-0.39, 0.29) is 9.63 Å². The minimum absolute atomic E-state index is 0.251. The Balaban J connectivity index is 3.65. The van der Waals surface area contributed by atoms with Crippen molar-refractivity contribution in [3.63, 3.8) is 0 Å². The van der Waals surface area contributed by atoms with Crippen molar-refractivity contribution in [1.82, 2.24) is 4.98 Å². The van der Waals surface area contributed by atoms with Crippen molar-refractivity contribution >= 4 is 47.3 Å². The molecule has 1 aromatic rings. The first kappa shape index (κ1) is 13.1. The zero-order chi connectivity index (χ0) is 11.8. The summed E-state index contributed by atoms with van der Waals surface area (Å²) in [5, 5.41) is -0.251. The lowest BCUT2D eigenvalue weighted by atomic mass is 10.3. The minimum atomic E-state index is -4.31. The molecule has 0 saturated heterocycles. The molecular formula is C6H2BrCl2F2NO2S. The molecule has 0 bridgehead atoms. The van der Waals surface area contributed by atoms with Crippen LogP contribution in [0.1, 0.15) is 12.0 Å². The molecule has 3 nitrogen and oxygen atoms in total. The van der Waals surface area contributed by atoms with E-state index in [9.17, 15) is 17.2 Å². The minimum Gasteiger partial charge on any atom is -0.243 e. The van der Waals surface area contributed by atoms with E-state index in [2.05, 4.69) is 20.9 Å². The largest absolute Gasteiger partial charge is 0.266 e. The van der Waals surface area contributed by atoms with Crippen LogP contribution in [0.25, 0.3) is 0 Å². The van der Waals surface area contributed by atoms with Crippen LogP contribution >= 0.6 is 38.2 Å². The third-order valence-electron chi connectivity index (χ3n) is 1.44. The first-order valence-electron chi connectivity index (χ1n) is 3.32. The summed E-state index contributed by atoms with van der Waals surface area (Å²) >= 11 is 8.21. The van der Waals surface area contributed by atoms with Gasteiger partial charge < -0.3 is 0 Å². The van der Waals surface area contributed by atoms with Gasteiger partial charge in [0.2, 0.25) is 0 Å². The lowest BCUT2D eigenvalue weighted by Crippen LogP contribution is -2.02. The highest BCUT2D eigenvalue weighted by atomic mass is 79.9. The molecule has 0 N–H and O–H groups in total. The normalized spacial score (nSPS) is 12.1. The second-order valence-electron chi connectivity index (χ2n) is 2.39. The van der Waals surface area contributed by atoms with Crippen LogP contribution in [0, 0.1) is 0 Å². The van der Waals surface area contributed by atoms with Gasteiger partial charge >= 0.3 is 0 Å². The van der Waals surface area contributed by atoms with Crippen LogP contribution in [0.2, 0.25) is 5.15 Å². The molecule has 1 aromatic heterocycles. The summed E-state index contributed by atoms with van der Waals surface area (Å²) in [5.41, 5.74) is -0.790. The summed E-state index contributed by atoms with van der Waals surface area (Å²) in [5.74, 6) is 0. The fourth-order valence-electron chi connectivity index (χ4n) is 0.865. The van der Waals surface area contributed by atoms with Crippen LogP contribution in [-0.2, 0) is 9.05 Å². The summed E-state index contributed by atoms with van der Waals surface area (Å²) in [4.78, 5) is 2.64. The monoisotopic (exact) mass is 339 g/mol. The van der Waals surface area contributed by atoms with Gasteiger partial charge in [-0.25, -0.2) is 22.2 Å². The van der Waals surface area contributed by atoms with Crippen molar-refractivity contribution in [2.75, 3.05) is 0 Å². The Hall–Kier alpha value is 0.0200. The van der Waals surface area contributed by atoms with E-state index in [1.807, 2.05) is 0 Å². The van der Waals surface area contributed by atoms with Gasteiger partial charge in [0.25, 0.3) is 15.5 Å². The van der Waals surface area contributed by atoms with Crippen molar-refractivity contribution in [1.29, 1.82) is 0 Å². The highest BCUT2D eigenvalue weighted by molar-refractivity contribution is 9.10. The van der Waals surface area contributed by atoms with Gasteiger partial charge in [-0.15, -0.1) is 0 Å². The van der Waals surface area contributed by atoms with Gasteiger partial charge in [0.15, 0.2) is 0 Å². The molecule has 1 heterocycles. The molecule has 0 fully saturated rings. The molecule has 84 valence electrons. The van der Waals surface area contributed by atoms with Gasteiger partial charge in [0.05, 0.1) is 10.0 Å². The van der Waals surface area contributed by atoms with E-state index in [0.717, 1.165) is 0 Å². The molecule has 0 aliphatic rings. The van der Waals surface area contributed by atoms with Gasteiger partial charge in [-0.05, 0) is 15.9 Å². The summed E-state index contributed by atoms with van der Waals surface area (Å²) in [7, 11) is 0.697. The predicted molar refractivity (Wildman–Crippen MR) is 54.9 cm³/mol. The van der Waals surface area contributed by atoms with Gasteiger partial charge in [0, 0.05) is 16.9 Å². The number of pyridine rings is 1. The number of hydrogen-bond acceptors (Lipinski definition) is 3. The summed E-state index contributed by atoms with van der Waals surface area (Å²) in [6.07, 6.45) is -2.33. The van der Waals surface area contributed by atoms with Crippen LogP contribution in [0.4, 0.5) is 8.78 Å². The molecular weight excluding hydrogens is 339 g/mol. The second kappa shape index (κ2) is 4.48. The topological polar surface area (TPSA) is 47.0 Å². The fourth-order valence-corrected chi connectivity index (χ4v) is 3.55. The van der Waals surface area contributed by atoms with E-state index in [1.54, 1.807) is 0 Å². The van der Waals surface area contributed by atoms with Crippen LogP contribution in [0.15, 0.2) is 15.6 Å². The van der Waals surface area contributed by atoms with Gasteiger partial charge in [-0.3, -0.25) is 0 Å². The zero-order valence-corrected chi connectivity index (χ0v) is 10.6. The molecule has 0 unspecified atom stereocenters. The standard InChI is InChI=1S/C6H2BrCl2F2NO2S/c7-3-4(15(9,13)14)2(6(10)11)1-12-5(3)8/h1,6H. The maximum Gasteiger partial charge on any atom is 0.266 e. The Morgan fingerprint density at radius 1 is 1.47 bits per heavy atom. The maximum absolute atomic E-state index is 12.4. The lowest BCUT2D eigenvalue weighted by Gasteiger charge is -2.08. The Kier molecular flexibility index (Phi) is 3.91. The number of nitrogens with zero attached hydrogens (tertiary/aromatic N) is 1. The van der Waals surface area contributed by atoms with Crippen LogP contribution < -0.4 is 0 Å². The quantitative estimate of drug-likeness (QED) is 0.612. The molecule has 0 aromatic carbocycles. The van der Waals surface area contributed by atoms with Gasteiger partial charge in [-0.1, -0.05) is 11.6 Å². The third kappa shape index (κ3) is 2.77. The molecule has 15 heavy (non-hydrogen) atoms.